The lowest BCUT2D eigenvalue weighted by Crippen LogP contribution is -2.45. The Morgan fingerprint density at radius 3 is 2.15 bits per heavy atom. The lowest BCUT2D eigenvalue weighted by atomic mass is 9.96. The molecule has 2 atom stereocenters. The molecule has 0 radical (unpaired) electrons. The number of amides is 1. The van der Waals surface area contributed by atoms with Crippen molar-refractivity contribution < 1.29 is 14.7 Å². The molecule has 0 saturated carbocycles. The average molecular weight is 281 g/mol. The lowest BCUT2D eigenvalue weighted by molar-refractivity contribution is -0.143. The summed E-state index contributed by atoms with van der Waals surface area (Å²) in [4.78, 5) is 23.4. The predicted octanol–water partition coefficient (Wildman–Crippen LogP) is 1.37. The minimum absolute atomic E-state index is 0.167. The molecule has 0 aliphatic carbocycles. The zero-order chi connectivity index (χ0) is 15.6. The van der Waals surface area contributed by atoms with Crippen molar-refractivity contribution in [3.8, 4) is 0 Å². The number of carboxylic acids is 1. The fraction of sp³-hybridized carbons (Fsp3) is 0.643. The normalized spacial score (nSPS) is 14.2. The van der Waals surface area contributed by atoms with Gasteiger partial charge in [-0.25, -0.2) is 4.79 Å². The minimum Gasteiger partial charge on any atom is -0.480 e. The van der Waals surface area contributed by atoms with Gasteiger partial charge in [0.05, 0.1) is 11.6 Å². The average Bonchev–Trinajstić information content (AvgIpc) is 2.58. The Bertz CT molecular complexity index is 520. The first-order chi connectivity index (χ1) is 9.16. The Morgan fingerprint density at radius 2 is 1.80 bits per heavy atom. The van der Waals surface area contributed by atoms with Crippen LogP contribution in [0.2, 0.25) is 0 Å². The molecule has 0 bridgehead atoms. The Balaban J connectivity index is 2.94. The summed E-state index contributed by atoms with van der Waals surface area (Å²) in [5.41, 5.74) is 2.57. The molecule has 112 valence electrons. The molecule has 0 aliphatic heterocycles. The summed E-state index contributed by atoms with van der Waals surface area (Å²) < 4.78 is 1.73. The van der Waals surface area contributed by atoms with Crippen molar-refractivity contribution in [2.24, 2.45) is 13.0 Å². The Labute approximate surface area is 119 Å². The highest BCUT2D eigenvalue weighted by Crippen LogP contribution is 2.23. The number of carbonyl (C=O) groups is 2. The maximum Gasteiger partial charge on any atom is 0.326 e. The number of carbonyl (C=O) groups excluding carboxylic acids is 1. The SMILES string of the molecule is Cc1nn(C)c(C)c1C(C)C(=O)N[C@@H](C(=O)O)C(C)C. The van der Waals surface area contributed by atoms with Crippen LogP contribution in [0.15, 0.2) is 0 Å². The number of hydrogen-bond acceptors (Lipinski definition) is 3. The molecule has 0 spiro atoms. The van der Waals surface area contributed by atoms with Crippen molar-refractivity contribution in [1.82, 2.24) is 15.1 Å². The fourth-order valence-corrected chi connectivity index (χ4v) is 2.34. The fourth-order valence-electron chi connectivity index (χ4n) is 2.34. The maximum absolute atomic E-state index is 12.3. The number of rotatable bonds is 5. The van der Waals surface area contributed by atoms with Crippen LogP contribution in [0, 0.1) is 19.8 Å². The molecule has 0 saturated heterocycles. The van der Waals surface area contributed by atoms with E-state index in [0.29, 0.717) is 0 Å². The van der Waals surface area contributed by atoms with Crippen molar-refractivity contribution in [2.75, 3.05) is 0 Å². The number of hydrogen-bond donors (Lipinski definition) is 2. The molecule has 2 N–H and O–H groups in total. The van der Waals surface area contributed by atoms with Crippen LogP contribution in [-0.4, -0.2) is 32.8 Å². The van der Waals surface area contributed by atoms with Crippen LogP contribution in [0.1, 0.15) is 43.6 Å². The van der Waals surface area contributed by atoms with E-state index in [1.54, 1.807) is 25.5 Å². The Hall–Kier alpha value is -1.85. The molecule has 0 aromatic carbocycles. The third-order valence-electron chi connectivity index (χ3n) is 3.62. The number of nitrogens with one attached hydrogen (secondary N) is 1. The van der Waals surface area contributed by atoms with Gasteiger partial charge < -0.3 is 10.4 Å². The van der Waals surface area contributed by atoms with Gasteiger partial charge in [-0.15, -0.1) is 0 Å². The third kappa shape index (κ3) is 3.18. The summed E-state index contributed by atoms with van der Waals surface area (Å²) in [5, 5.41) is 16.0. The molecule has 0 fully saturated rings. The highest BCUT2D eigenvalue weighted by atomic mass is 16.4. The first-order valence-corrected chi connectivity index (χ1v) is 6.70. The van der Waals surface area contributed by atoms with E-state index in [4.69, 9.17) is 5.11 Å². The molecule has 20 heavy (non-hydrogen) atoms. The summed E-state index contributed by atoms with van der Waals surface area (Å²) in [6.45, 7) is 9.06. The number of aliphatic carboxylic acids is 1. The van der Waals surface area contributed by atoms with E-state index in [9.17, 15) is 9.59 Å². The number of aromatic nitrogens is 2. The van der Waals surface area contributed by atoms with Crippen LogP contribution in [-0.2, 0) is 16.6 Å². The van der Waals surface area contributed by atoms with E-state index in [-0.39, 0.29) is 11.8 Å². The Morgan fingerprint density at radius 1 is 1.25 bits per heavy atom. The van der Waals surface area contributed by atoms with Crippen LogP contribution in [0.4, 0.5) is 0 Å². The zero-order valence-corrected chi connectivity index (χ0v) is 12.9. The highest BCUT2D eigenvalue weighted by Gasteiger charge is 2.28. The second-order valence-corrected chi connectivity index (χ2v) is 5.50. The van der Waals surface area contributed by atoms with Gasteiger partial charge in [0.15, 0.2) is 0 Å². The van der Waals surface area contributed by atoms with E-state index < -0.39 is 17.9 Å². The molecular formula is C14H23N3O3. The van der Waals surface area contributed by atoms with Crippen LogP contribution in [0.3, 0.4) is 0 Å². The van der Waals surface area contributed by atoms with Gasteiger partial charge in [-0.3, -0.25) is 9.48 Å². The van der Waals surface area contributed by atoms with Gasteiger partial charge in [0, 0.05) is 18.3 Å². The maximum atomic E-state index is 12.3. The molecule has 1 aromatic rings. The lowest BCUT2D eigenvalue weighted by Gasteiger charge is -2.20. The van der Waals surface area contributed by atoms with E-state index in [1.165, 1.54) is 0 Å². The number of carboxylic acid groups (broad SMARTS) is 1. The summed E-state index contributed by atoms with van der Waals surface area (Å²) in [6.07, 6.45) is 0. The summed E-state index contributed by atoms with van der Waals surface area (Å²) in [6, 6.07) is -0.873. The van der Waals surface area contributed by atoms with Crippen molar-refractivity contribution in [2.45, 2.75) is 46.6 Å². The predicted molar refractivity (Wildman–Crippen MR) is 75.5 cm³/mol. The van der Waals surface area contributed by atoms with Gasteiger partial charge in [0.25, 0.3) is 0 Å². The molecule has 1 unspecified atom stereocenters. The van der Waals surface area contributed by atoms with Gasteiger partial charge in [-0.1, -0.05) is 13.8 Å². The summed E-state index contributed by atoms with van der Waals surface area (Å²) in [5.74, 6) is -1.89. The molecule has 0 aliphatic rings. The van der Waals surface area contributed by atoms with Gasteiger partial charge in [0.2, 0.25) is 5.91 Å². The highest BCUT2D eigenvalue weighted by molar-refractivity contribution is 5.88. The van der Waals surface area contributed by atoms with Crippen molar-refractivity contribution in [1.29, 1.82) is 0 Å². The van der Waals surface area contributed by atoms with Crippen molar-refractivity contribution in [3.05, 3.63) is 17.0 Å². The van der Waals surface area contributed by atoms with E-state index in [1.807, 2.05) is 20.9 Å². The first kappa shape index (κ1) is 16.2. The smallest absolute Gasteiger partial charge is 0.326 e. The van der Waals surface area contributed by atoms with E-state index in [0.717, 1.165) is 17.0 Å². The van der Waals surface area contributed by atoms with Crippen LogP contribution in [0.25, 0.3) is 0 Å². The third-order valence-corrected chi connectivity index (χ3v) is 3.62. The largest absolute Gasteiger partial charge is 0.480 e. The molecule has 1 aromatic heterocycles. The van der Waals surface area contributed by atoms with Gasteiger partial charge >= 0.3 is 5.97 Å². The molecule has 1 heterocycles. The van der Waals surface area contributed by atoms with E-state index >= 15 is 0 Å². The van der Waals surface area contributed by atoms with Crippen LogP contribution >= 0.6 is 0 Å². The standard InChI is InChI=1S/C14H23N3O3/c1-7(2)12(14(19)20)15-13(18)8(3)11-9(4)16-17(6)10(11)5/h7-8,12H,1-6H3,(H,15,18)(H,19,20)/t8?,12-/m1/s1. The van der Waals surface area contributed by atoms with Gasteiger partial charge in [-0.2, -0.15) is 5.10 Å². The van der Waals surface area contributed by atoms with E-state index in [2.05, 4.69) is 10.4 Å². The second-order valence-electron chi connectivity index (χ2n) is 5.50. The number of nitrogens with zero attached hydrogens (tertiary/aromatic N) is 2. The molecule has 1 amide bonds. The topological polar surface area (TPSA) is 84.2 Å². The molecule has 1 rings (SSSR count). The van der Waals surface area contributed by atoms with Crippen LogP contribution < -0.4 is 5.32 Å². The zero-order valence-electron chi connectivity index (χ0n) is 12.9. The summed E-state index contributed by atoms with van der Waals surface area (Å²) in [7, 11) is 1.82. The monoisotopic (exact) mass is 281 g/mol. The van der Waals surface area contributed by atoms with Crippen molar-refractivity contribution >= 4 is 11.9 Å². The second kappa shape index (κ2) is 6.07. The Kier molecular flexibility index (Phi) is 4.92. The quantitative estimate of drug-likeness (QED) is 0.853. The van der Waals surface area contributed by atoms with Crippen LogP contribution in [0.5, 0.6) is 0 Å². The molecule has 6 heteroatoms. The summed E-state index contributed by atoms with van der Waals surface area (Å²) >= 11 is 0. The number of aryl methyl sites for hydroxylation is 2. The van der Waals surface area contributed by atoms with Gasteiger partial charge in [0.1, 0.15) is 6.04 Å². The molecule has 6 nitrogen and oxygen atoms in total. The van der Waals surface area contributed by atoms with Gasteiger partial charge in [-0.05, 0) is 26.7 Å². The molecular weight excluding hydrogens is 258 g/mol. The van der Waals surface area contributed by atoms with Crippen molar-refractivity contribution in [3.63, 3.8) is 0 Å². The minimum atomic E-state index is -1.01. The first-order valence-electron chi connectivity index (χ1n) is 6.70.